The second kappa shape index (κ2) is 4.69. The monoisotopic (exact) mass is 287 g/mol. The Hall–Kier alpha value is -2.17. The summed E-state index contributed by atoms with van der Waals surface area (Å²) in [6.07, 6.45) is 2.04. The Labute approximate surface area is 124 Å². The van der Waals surface area contributed by atoms with E-state index in [9.17, 15) is 0 Å². The highest BCUT2D eigenvalue weighted by molar-refractivity contribution is 5.57. The minimum atomic E-state index is -0.591. The molecule has 5 heteroatoms. The van der Waals surface area contributed by atoms with Crippen LogP contribution in [0.4, 0.5) is 5.69 Å². The van der Waals surface area contributed by atoms with Crippen molar-refractivity contribution in [3.05, 3.63) is 35.7 Å². The molecule has 1 unspecified atom stereocenters. The van der Waals surface area contributed by atoms with E-state index in [0.29, 0.717) is 0 Å². The van der Waals surface area contributed by atoms with Crippen LogP contribution in [0.25, 0.3) is 0 Å². The fourth-order valence-electron chi connectivity index (χ4n) is 2.68. The van der Waals surface area contributed by atoms with E-state index in [4.69, 9.17) is 9.47 Å². The third kappa shape index (κ3) is 2.68. The quantitative estimate of drug-likeness (QED) is 0.940. The highest BCUT2D eigenvalue weighted by Crippen LogP contribution is 2.41. The first kappa shape index (κ1) is 13.8. The fraction of sp³-hybridized carbons (Fsp3) is 0.438. The van der Waals surface area contributed by atoms with Crippen LogP contribution >= 0.6 is 0 Å². The average molecular weight is 287 g/mol. The van der Waals surface area contributed by atoms with Crippen molar-refractivity contribution < 1.29 is 9.47 Å². The summed E-state index contributed by atoms with van der Waals surface area (Å²) in [5, 5.41) is 7.86. The van der Waals surface area contributed by atoms with E-state index in [0.717, 1.165) is 22.9 Å². The molecule has 112 valence electrons. The van der Waals surface area contributed by atoms with Gasteiger partial charge in [-0.2, -0.15) is 5.10 Å². The minimum absolute atomic E-state index is 0.173. The molecule has 0 saturated heterocycles. The molecular formula is C16H21N3O2. The molecule has 2 aromatic rings. The van der Waals surface area contributed by atoms with Gasteiger partial charge in [0.2, 0.25) is 5.79 Å². The molecule has 0 bridgehead atoms. The lowest BCUT2D eigenvalue weighted by Gasteiger charge is -2.16. The van der Waals surface area contributed by atoms with Crippen molar-refractivity contribution in [3.8, 4) is 11.5 Å². The van der Waals surface area contributed by atoms with Crippen molar-refractivity contribution in [2.45, 2.75) is 39.5 Å². The average Bonchev–Trinajstić information content (AvgIpc) is 2.86. The molecule has 1 aromatic heterocycles. The molecule has 0 amide bonds. The van der Waals surface area contributed by atoms with Gasteiger partial charge < -0.3 is 14.8 Å². The second-order valence-electron chi connectivity index (χ2n) is 5.98. The van der Waals surface area contributed by atoms with Crippen LogP contribution in [0.15, 0.2) is 24.4 Å². The Kier molecular flexibility index (Phi) is 3.08. The number of rotatable bonds is 3. The number of hydrogen-bond acceptors (Lipinski definition) is 4. The van der Waals surface area contributed by atoms with Crippen LogP contribution in [-0.2, 0) is 7.05 Å². The number of benzene rings is 1. The summed E-state index contributed by atoms with van der Waals surface area (Å²) in [5.41, 5.74) is 3.24. The van der Waals surface area contributed by atoms with E-state index in [-0.39, 0.29) is 6.04 Å². The summed E-state index contributed by atoms with van der Waals surface area (Å²) in [6.45, 7) is 7.96. The second-order valence-corrected chi connectivity index (χ2v) is 5.98. The van der Waals surface area contributed by atoms with Gasteiger partial charge in [0.15, 0.2) is 11.5 Å². The lowest BCUT2D eigenvalue weighted by molar-refractivity contribution is -0.0431. The van der Waals surface area contributed by atoms with Crippen molar-refractivity contribution in [3.63, 3.8) is 0 Å². The molecule has 1 aromatic carbocycles. The maximum absolute atomic E-state index is 5.77. The molecule has 0 saturated carbocycles. The van der Waals surface area contributed by atoms with Crippen LogP contribution in [0.3, 0.4) is 0 Å². The van der Waals surface area contributed by atoms with E-state index in [2.05, 4.69) is 17.3 Å². The van der Waals surface area contributed by atoms with Gasteiger partial charge in [-0.05, 0) is 26.0 Å². The van der Waals surface area contributed by atoms with Crippen molar-refractivity contribution in [2.75, 3.05) is 5.32 Å². The highest BCUT2D eigenvalue weighted by atomic mass is 16.7. The zero-order chi connectivity index (χ0) is 15.2. The van der Waals surface area contributed by atoms with Gasteiger partial charge in [0.05, 0.1) is 11.7 Å². The van der Waals surface area contributed by atoms with Gasteiger partial charge in [0.1, 0.15) is 0 Å². The van der Waals surface area contributed by atoms with Crippen molar-refractivity contribution in [1.82, 2.24) is 9.78 Å². The zero-order valence-corrected chi connectivity index (χ0v) is 13.1. The van der Waals surface area contributed by atoms with Crippen molar-refractivity contribution >= 4 is 5.69 Å². The van der Waals surface area contributed by atoms with Crippen LogP contribution in [0.1, 0.15) is 38.1 Å². The number of aryl methyl sites for hydroxylation is 2. The standard InChI is InChI=1S/C16H21N3O2/c1-10(13-9-19(5)18-11(13)2)17-12-6-7-14-15(8-12)21-16(3,4)20-14/h6-10,17H,1-5H3. The first-order chi connectivity index (χ1) is 9.84. The Morgan fingerprint density at radius 2 is 1.95 bits per heavy atom. The minimum Gasteiger partial charge on any atom is -0.449 e. The van der Waals surface area contributed by atoms with Crippen molar-refractivity contribution in [1.29, 1.82) is 0 Å². The maximum Gasteiger partial charge on any atom is 0.246 e. The lowest BCUT2D eigenvalue weighted by Crippen LogP contribution is -2.29. The fourth-order valence-corrected chi connectivity index (χ4v) is 2.68. The van der Waals surface area contributed by atoms with E-state index in [1.165, 1.54) is 5.56 Å². The van der Waals surface area contributed by atoms with Crippen LogP contribution < -0.4 is 14.8 Å². The lowest BCUT2D eigenvalue weighted by atomic mass is 10.1. The number of anilines is 1. The molecule has 1 aliphatic heterocycles. The molecule has 1 N–H and O–H groups in total. The number of aromatic nitrogens is 2. The van der Waals surface area contributed by atoms with Gasteiger partial charge in [0.25, 0.3) is 0 Å². The SMILES string of the molecule is Cc1nn(C)cc1C(C)Nc1ccc2c(c1)OC(C)(C)O2. The Morgan fingerprint density at radius 1 is 1.24 bits per heavy atom. The summed E-state index contributed by atoms with van der Waals surface area (Å²) in [5.74, 6) is 0.975. The van der Waals surface area contributed by atoms with Gasteiger partial charge >= 0.3 is 0 Å². The number of ether oxygens (including phenoxy) is 2. The Bertz CT molecular complexity index is 676. The Morgan fingerprint density at radius 3 is 2.62 bits per heavy atom. The van der Waals surface area contributed by atoms with Crippen LogP contribution in [-0.4, -0.2) is 15.6 Å². The molecule has 1 atom stereocenters. The van der Waals surface area contributed by atoms with E-state index >= 15 is 0 Å². The topological polar surface area (TPSA) is 48.3 Å². The highest BCUT2D eigenvalue weighted by Gasteiger charge is 2.31. The molecular weight excluding hydrogens is 266 g/mol. The molecule has 2 heterocycles. The molecule has 0 radical (unpaired) electrons. The van der Waals surface area contributed by atoms with Gasteiger partial charge in [-0.25, -0.2) is 0 Å². The van der Waals surface area contributed by atoms with Gasteiger partial charge in [-0.3, -0.25) is 4.68 Å². The third-order valence-corrected chi connectivity index (χ3v) is 3.56. The summed E-state index contributed by atoms with van der Waals surface area (Å²) in [6, 6.07) is 6.10. The first-order valence-corrected chi connectivity index (χ1v) is 7.13. The first-order valence-electron chi connectivity index (χ1n) is 7.13. The predicted molar refractivity (Wildman–Crippen MR) is 81.8 cm³/mol. The van der Waals surface area contributed by atoms with Gasteiger partial charge in [0, 0.05) is 44.4 Å². The zero-order valence-electron chi connectivity index (χ0n) is 13.1. The predicted octanol–water partition coefficient (Wildman–Crippen LogP) is 3.41. The molecule has 1 aliphatic rings. The van der Waals surface area contributed by atoms with Gasteiger partial charge in [-0.15, -0.1) is 0 Å². The summed E-state index contributed by atoms with van der Waals surface area (Å²) >= 11 is 0. The number of fused-ring (bicyclic) bond motifs is 1. The third-order valence-electron chi connectivity index (χ3n) is 3.56. The smallest absolute Gasteiger partial charge is 0.246 e. The molecule has 21 heavy (non-hydrogen) atoms. The normalized spacial score (nSPS) is 16.8. The largest absolute Gasteiger partial charge is 0.449 e. The molecule has 3 rings (SSSR count). The molecule has 0 spiro atoms. The van der Waals surface area contributed by atoms with E-state index in [1.54, 1.807) is 0 Å². The summed E-state index contributed by atoms with van der Waals surface area (Å²) in [7, 11) is 1.94. The maximum atomic E-state index is 5.77. The molecule has 0 aliphatic carbocycles. The van der Waals surface area contributed by atoms with Crippen molar-refractivity contribution in [2.24, 2.45) is 7.05 Å². The number of nitrogens with one attached hydrogen (secondary N) is 1. The van der Waals surface area contributed by atoms with Gasteiger partial charge in [-0.1, -0.05) is 0 Å². The summed E-state index contributed by atoms with van der Waals surface area (Å²) < 4.78 is 13.3. The van der Waals surface area contributed by atoms with Crippen LogP contribution in [0.2, 0.25) is 0 Å². The van der Waals surface area contributed by atoms with E-state index in [1.807, 2.05) is 56.9 Å². The summed E-state index contributed by atoms with van der Waals surface area (Å²) in [4.78, 5) is 0. The number of nitrogens with zero attached hydrogens (tertiary/aromatic N) is 2. The number of hydrogen-bond donors (Lipinski definition) is 1. The molecule has 0 fully saturated rings. The molecule has 5 nitrogen and oxygen atoms in total. The van der Waals surface area contributed by atoms with Crippen LogP contribution in [0.5, 0.6) is 11.5 Å². The van der Waals surface area contributed by atoms with E-state index < -0.39 is 5.79 Å². The van der Waals surface area contributed by atoms with Crippen LogP contribution in [0, 0.1) is 6.92 Å². The Balaban J connectivity index is 1.79.